The average molecular weight is 355 g/mol. The van der Waals surface area contributed by atoms with Gasteiger partial charge < -0.3 is 4.57 Å². The Labute approximate surface area is 131 Å². The Hall–Kier alpha value is -0.610. The van der Waals surface area contributed by atoms with Crippen molar-refractivity contribution in [3.63, 3.8) is 0 Å². The van der Waals surface area contributed by atoms with Gasteiger partial charge in [-0.3, -0.25) is 0 Å². The SMILES string of the molecule is CC(Cl)c1nc2cc(Br)cnc2n1C(C1CC1)C1CC1. The van der Waals surface area contributed by atoms with Crippen molar-refractivity contribution in [3.8, 4) is 0 Å². The fraction of sp³-hybridized carbons (Fsp3) is 0.600. The van der Waals surface area contributed by atoms with Gasteiger partial charge in [0.2, 0.25) is 0 Å². The lowest BCUT2D eigenvalue weighted by Crippen LogP contribution is -2.17. The molecule has 20 heavy (non-hydrogen) atoms. The summed E-state index contributed by atoms with van der Waals surface area (Å²) in [6, 6.07) is 2.60. The summed E-state index contributed by atoms with van der Waals surface area (Å²) in [5.41, 5.74) is 1.95. The number of rotatable bonds is 4. The minimum Gasteiger partial charge on any atom is -0.308 e. The summed E-state index contributed by atoms with van der Waals surface area (Å²) < 4.78 is 3.33. The second-order valence-electron chi connectivity index (χ2n) is 6.12. The third-order valence-corrected chi connectivity index (χ3v) is 5.02. The van der Waals surface area contributed by atoms with Crippen LogP contribution in [0.4, 0.5) is 0 Å². The number of hydrogen-bond acceptors (Lipinski definition) is 2. The molecule has 2 aromatic heterocycles. The van der Waals surface area contributed by atoms with Crippen molar-refractivity contribution < 1.29 is 0 Å². The van der Waals surface area contributed by atoms with Crippen molar-refractivity contribution in [2.24, 2.45) is 11.8 Å². The van der Waals surface area contributed by atoms with E-state index in [9.17, 15) is 0 Å². The van der Waals surface area contributed by atoms with E-state index in [1.165, 1.54) is 25.7 Å². The molecule has 2 saturated carbocycles. The molecule has 2 heterocycles. The van der Waals surface area contributed by atoms with E-state index in [0.717, 1.165) is 33.3 Å². The first kappa shape index (κ1) is 13.1. The Morgan fingerprint density at radius 3 is 2.50 bits per heavy atom. The van der Waals surface area contributed by atoms with Crippen LogP contribution < -0.4 is 0 Å². The lowest BCUT2D eigenvalue weighted by molar-refractivity contribution is 0.390. The van der Waals surface area contributed by atoms with Crippen LogP contribution in [0, 0.1) is 11.8 Å². The number of halogens is 2. The molecule has 0 amide bonds. The van der Waals surface area contributed by atoms with Crippen LogP contribution in [0.2, 0.25) is 0 Å². The molecule has 2 aromatic rings. The first-order valence-electron chi connectivity index (χ1n) is 7.32. The van der Waals surface area contributed by atoms with Crippen molar-refractivity contribution in [1.82, 2.24) is 14.5 Å². The number of alkyl halides is 1. The van der Waals surface area contributed by atoms with Gasteiger partial charge in [0.25, 0.3) is 0 Å². The molecule has 0 aromatic carbocycles. The summed E-state index contributed by atoms with van der Waals surface area (Å²) in [5, 5.41) is -0.0806. The van der Waals surface area contributed by atoms with Gasteiger partial charge in [-0.05, 0) is 66.4 Å². The molecule has 0 aliphatic heterocycles. The number of nitrogens with zero attached hydrogens (tertiary/aromatic N) is 3. The Morgan fingerprint density at radius 1 is 1.30 bits per heavy atom. The van der Waals surface area contributed by atoms with Crippen LogP contribution >= 0.6 is 27.5 Å². The normalized spacial score (nSPS) is 20.8. The van der Waals surface area contributed by atoms with Crippen LogP contribution in [0.15, 0.2) is 16.7 Å². The van der Waals surface area contributed by atoms with E-state index in [0.29, 0.717) is 6.04 Å². The number of imidazole rings is 1. The molecular weight excluding hydrogens is 338 g/mol. The Kier molecular flexibility index (Phi) is 3.08. The lowest BCUT2D eigenvalue weighted by Gasteiger charge is -2.21. The highest BCUT2D eigenvalue weighted by Gasteiger charge is 2.44. The van der Waals surface area contributed by atoms with Crippen LogP contribution in [0.1, 0.15) is 49.9 Å². The Bertz CT molecular complexity index is 646. The van der Waals surface area contributed by atoms with Crippen LogP contribution in [-0.2, 0) is 0 Å². The minimum atomic E-state index is -0.0806. The zero-order valence-electron chi connectivity index (χ0n) is 11.4. The predicted octanol–water partition coefficient (Wildman–Crippen LogP) is 4.85. The van der Waals surface area contributed by atoms with Gasteiger partial charge in [0.15, 0.2) is 5.65 Å². The average Bonchev–Trinajstić information content (AvgIpc) is 3.28. The highest BCUT2D eigenvalue weighted by molar-refractivity contribution is 9.10. The van der Waals surface area contributed by atoms with E-state index < -0.39 is 0 Å². The molecule has 0 radical (unpaired) electrons. The van der Waals surface area contributed by atoms with Gasteiger partial charge in [0, 0.05) is 16.7 Å². The maximum Gasteiger partial charge on any atom is 0.160 e. The fourth-order valence-corrected chi connectivity index (χ4v) is 3.70. The van der Waals surface area contributed by atoms with E-state index in [4.69, 9.17) is 16.6 Å². The van der Waals surface area contributed by atoms with Gasteiger partial charge in [-0.2, -0.15) is 0 Å². The van der Waals surface area contributed by atoms with Gasteiger partial charge in [0.05, 0.1) is 5.38 Å². The van der Waals surface area contributed by atoms with Crippen LogP contribution in [0.25, 0.3) is 11.2 Å². The van der Waals surface area contributed by atoms with Crippen molar-refractivity contribution in [1.29, 1.82) is 0 Å². The second kappa shape index (κ2) is 4.70. The van der Waals surface area contributed by atoms with Crippen molar-refractivity contribution in [2.45, 2.75) is 44.0 Å². The molecule has 1 unspecified atom stereocenters. The molecule has 2 aliphatic rings. The first-order valence-corrected chi connectivity index (χ1v) is 8.55. The van der Waals surface area contributed by atoms with Crippen LogP contribution in [-0.4, -0.2) is 14.5 Å². The summed E-state index contributed by atoms with van der Waals surface area (Å²) in [6.07, 6.45) is 7.22. The summed E-state index contributed by atoms with van der Waals surface area (Å²) >= 11 is 9.87. The highest BCUT2D eigenvalue weighted by Crippen LogP contribution is 2.53. The lowest BCUT2D eigenvalue weighted by atomic mass is 10.1. The maximum absolute atomic E-state index is 6.39. The maximum atomic E-state index is 6.39. The van der Waals surface area contributed by atoms with E-state index in [1.54, 1.807) is 0 Å². The van der Waals surface area contributed by atoms with Crippen LogP contribution in [0.3, 0.4) is 0 Å². The van der Waals surface area contributed by atoms with E-state index >= 15 is 0 Å². The molecule has 0 saturated heterocycles. The Balaban J connectivity index is 1.92. The monoisotopic (exact) mass is 353 g/mol. The van der Waals surface area contributed by atoms with Gasteiger partial charge in [0.1, 0.15) is 11.3 Å². The fourth-order valence-electron chi connectivity index (χ4n) is 3.23. The minimum absolute atomic E-state index is 0.0806. The van der Waals surface area contributed by atoms with Gasteiger partial charge in [-0.25, -0.2) is 9.97 Å². The van der Waals surface area contributed by atoms with Crippen molar-refractivity contribution in [3.05, 3.63) is 22.6 Å². The zero-order valence-corrected chi connectivity index (χ0v) is 13.7. The smallest absolute Gasteiger partial charge is 0.160 e. The summed E-state index contributed by atoms with van der Waals surface area (Å²) in [5.74, 6) is 2.59. The summed E-state index contributed by atoms with van der Waals surface area (Å²) in [4.78, 5) is 9.37. The molecule has 106 valence electrons. The van der Waals surface area contributed by atoms with Gasteiger partial charge in [-0.15, -0.1) is 11.6 Å². The molecular formula is C15H17BrClN3. The molecule has 2 fully saturated rings. The van der Waals surface area contributed by atoms with Gasteiger partial charge >= 0.3 is 0 Å². The van der Waals surface area contributed by atoms with Gasteiger partial charge in [-0.1, -0.05) is 0 Å². The summed E-state index contributed by atoms with van der Waals surface area (Å²) in [6.45, 7) is 2.01. The van der Waals surface area contributed by atoms with Crippen molar-refractivity contribution in [2.75, 3.05) is 0 Å². The third-order valence-electron chi connectivity index (χ3n) is 4.39. The highest BCUT2D eigenvalue weighted by atomic mass is 79.9. The number of hydrogen-bond donors (Lipinski definition) is 0. The second-order valence-corrected chi connectivity index (χ2v) is 7.69. The van der Waals surface area contributed by atoms with Crippen LogP contribution in [0.5, 0.6) is 0 Å². The Morgan fingerprint density at radius 2 is 1.95 bits per heavy atom. The summed E-state index contributed by atoms with van der Waals surface area (Å²) in [7, 11) is 0. The van der Waals surface area contributed by atoms with E-state index in [1.807, 2.05) is 19.2 Å². The molecule has 2 aliphatic carbocycles. The number of pyridine rings is 1. The number of aromatic nitrogens is 3. The number of fused-ring (bicyclic) bond motifs is 1. The zero-order chi connectivity index (χ0) is 13.9. The first-order chi connectivity index (χ1) is 9.65. The predicted molar refractivity (Wildman–Crippen MR) is 84.0 cm³/mol. The van der Waals surface area contributed by atoms with Crippen molar-refractivity contribution >= 4 is 38.7 Å². The van der Waals surface area contributed by atoms with E-state index in [2.05, 4.69) is 25.5 Å². The quantitative estimate of drug-likeness (QED) is 0.734. The topological polar surface area (TPSA) is 30.7 Å². The molecule has 1 atom stereocenters. The molecule has 0 spiro atoms. The largest absolute Gasteiger partial charge is 0.308 e. The molecule has 0 bridgehead atoms. The molecule has 4 rings (SSSR count). The molecule has 3 nitrogen and oxygen atoms in total. The van der Waals surface area contributed by atoms with E-state index in [-0.39, 0.29) is 5.38 Å². The molecule has 5 heteroatoms. The molecule has 0 N–H and O–H groups in total. The third kappa shape index (κ3) is 2.17. The standard InChI is InChI=1S/C15H17BrClN3/c1-8(17)14-19-12-6-11(16)7-18-15(12)20(14)13(9-2-3-9)10-4-5-10/h6-10,13H,2-5H2,1H3.